The average Bonchev–Trinajstić information content (AvgIpc) is 2.09. The average molecular weight is 262 g/mol. The molecule has 1 aliphatic carbocycles. The number of carbonyl (C=O) groups is 1. The van der Waals surface area contributed by atoms with Crippen molar-refractivity contribution in [2.75, 3.05) is 12.0 Å². The van der Waals surface area contributed by atoms with E-state index < -0.39 is 21.5 Å². The minimum absolute atomic E-state index is 0.0152. The third kappa shape index (κ3) is 2.63. The summed E-state index contributed by atoms with van der Waals surface area (Å²) in [4.78, 5) is 11.6. The number of nitrogens with one attached hydrogen (secondary N) is 1. The number of amides is 1. The first kappa shape index (κ1) is 14.4. The van der Waals surface area contributed by atoms with Crippen LogP contribution in [0.4, 0.5) is 0 Å². The molecule has 1 aliphatic rings. The first-order valence-electron chi connectivity index (χ1n) is 5.61. The van der Waals surface area contributed by atoms with Gasteiger partial charge in [0, 0.05) is 29.2 Å². The van der Waals surface area contributed by atoms with Crippen molar-refractivity contribution in [3.8, 4) is 0 Å². The number of rotatable bonds is 3. The highest BCUT2D eigenvalue weighted by atomic mass is 32.2. The molecule has 1 fully saturated rings. The fourth-order valence-electron chi connectivity index (χ4n) is 2.99. The van der Waals surface area contributed by atoms with E-state index in [-0.39, 0.29) is 22.9 Å². The Kier molecular flexibility index (Phi) is 3.35. The molecule has 1 amide bonds. The van der Waals surface area contributed by atoms with E-state index in [9.17, 15) is 13.2 Å². The molecule has 1 rings (SSSR count). The summed E-state index contributed by atoms with van der Waals surface area (Å²) in [5.41, 5.74) is 5.63. The quantitative estimate of drug-likeness (QED) is 0.744. The zero-order valence-corrected chi connectivity index (χ0v) is 11.9. The van der Waals surface area contributed by atoms with E-state index in [4.69, 9.17) is 5.73 Å². The maximum Gasteiger partial charge on any atom is 0.235 e. The molecule has 0 saturated heterocycles. The molecule has 0 radical (unpaired) electrons. The summed E-state index contributed by atoms with van der Waals surface area (Å²) >= 11 is 0. The lowest BCUT2D eigenvalue weighted by Gasteiger charge is -2.62. The van der Waals surface area contributed by atoms with Gasteiger partial charge in [0.1, 0.15) is 5.75 Å². The van der Waals surface area contributed by atoms with Gasteiger partial charge in [-0.05, 0) is 0 Å². The molecule has 0 unspecified atom stereocenters. The van der Waals surface area contributed by atoms with Gasteiger partial charge in [0.25, 0.3) is 0 Å². The van der Waals surface area contributed by atoms with Crippen molar-refractivity contribution < 1.29 is 13.2 Å². The highest BCUT2D eigenvalue weighted by Crippen LogP contribution is 2.52. The molecule has 0 aromatic rings. The largest absolute Gasteiger partial charge is 0.351 e. The topological polar surface area (TPSA) is 89.3 Å². The molecule has 1 saturated carbocycles. The molecule has 3 N–H and O–H groups in total. The van der Waals surface area contributed by atoms with Gasteiger partial charge in [-0.25, -0.2) is 8.42 Å². The zero-order chi connectivity index (χ0) is 13.6. The Morgan fingerprint density at radius 2 is 1.65 bits per heavy atom. The second kappa shape index (κ2) is 3.95. The van der Waals surface area contributed by atoms with Crippen molar-refractivity contribution in [1.29, 1.82) is 0 Å². The van der Waals surface area contributed by atoms with E-state index in [1.54, 1.807) is 0 Å². The van der Waals surface area contributed by atoms with Crippen LogP contribution < -0.4 is 11.1 Å². The van der Waals surface area contributed by atoms with Gasteiger partial charge in [0.15, 0.2) is 9.84 Å². The lowest BCUT2D eigenvalue weighted by molar-refractivity contribution is -0.129. The lowest BCUT2D eigenvalue weighted by Crippen LogP contribution is -2.76. The number of nitrogens with two attached hydrogens (primary N) is 1. The molecule has 0 aromatic carbocycles. The van der Waals surface area contributed by atoms with E-state index in [1.165, 1.54) is 0 Å². The Morgan fingerprint density at radius 3 is 2.00 bits per heavy atom. The second-order valence-corrected chi connectivity index (χ2v) is 8.33. The van der Waals surface area contributed by atoms with Crippen molar-refractivity contribution in [2.45, 2.75) is 39.8 Å². The monoisotopic (exact) mass is 262 g/mol. The summed E-state index contributed by atoms with van der Waals surface area (Å²) in [6, 6.07) is -0.113. The molecule has 0 heterocycles. The van der Waals surface area contributed by atoms with E-state index in [1.807, 2.05) is 27.7 Å². The molecule has 100 valence electrons. The molecule has 0 aromatic heterocycles. The summed E-state index contributed by atoms with van der Waals surface area (Å²) in [5, 5.41) is 2.79. The van der Waals surface area contributed by atoms with Gasteiger partial charge in [-0.2, -0.15) is 0 Å². The molecule has 5 nitrogen and oxygen atoms in total. The SMILES string of the molecule is CC1(C)C(N)C(C)(C)C1NC(=O)CS(C)(=O)=O. The smallest absolute Gasteiger partial charge is 0.235 e. The van der Waals surface area contributed by atoms with Gasteiger partial charge >= 0.3 is 0 Å². The Bertz CT molecular complexity index is 410. The van der Waals surface area contributed by atoms with Crippen LogP contribution in [0.25, 0.3) is 0 Å². The first-order valence-corrected chi connectivity index (χ1v) is 7.68. The molecule has 0 aliphatic heterocycles. The van der Waals surface area contributed by atoms with Crippen LogP contribution in [-0.4, -0.2) is 38.4 Å². The third-order valence-corrected chi connectivity index (χ3v) is 4.58. The lowest BCUT2D eigenvalue weighted by atomic mass is 9.48. The van der Waals surface area contributed by atoms with Crippen LogP contribution >= 0.6 is 0 Å². The maximum absolute atomic E-state index is 11.6. The first-order chi connectivity index (χ1) is 7.39. The van der Waals surface area contributed by atoms with Gasteiger partial charge in [-0.1, -0.05) is 27.7 Å². The van der Waals surface area contributed by atoms with Crippen molar-refractivity contribution in [1.82, 2.24) is 5.32 Å². The molecule has 17 heavy (non-hydrogen) atoms. The van der Waals surface area contributed by atoms with Crippen LogP contribution in [0.3, 0.4) is 0 Å². The molecule has 0 bridgehead atoms. The van der Waals surface area contributed by atoms with Crippen LogP contribution in [0, 0.1) is 10.8 Å². The Hall–Kier alpha value is -0.620. The Labute approximate surface area is 103 Å². The normalized spacial score (nSPS) is 30.5. The predicted octanol–water partition coefficient (Wildman–Crippen LogP) is -0.0909. The molecule has 0 atom stereocenters. The van der Waals surface area contributed by atoms with Gasteiger partial charge in [0.05, 0.1) is 0 Å². The second-order valence-electron chi connectivity index (χ2n) is 6.19. The summed E-state index contributed by atoms with van der Waals surface area (Å²) in [5.74, 6) is -0.921. The number of carbonyl (C=O) groups excluding carboxylic acids is 1. The highest BCUT2D eigenvalue weighted by molar-refractivity contribution is 7.91. The Morgan fingerprint density at radius 1 is 1.24 bits per heavy atom. The van der Waals surface area contributed by atoms with E-state index >= 15 is 0 Å². The van der Waals surface area contributed by atoms with Crippen molar-refractivity contribution in [3.63, 3.8) is 0 Å². The van der Waals surface area contributed by atoms with Crippen molar-refractivity contribution >= 4 is 15.7 Å². The Balaban J connectivity index is 2.73. The van der Waals surface area contributed by atoms with Gasteiger partial charge < -0.3 is 11.1 Å². The van der Waals surface area contributed by atoms with E-state index in [0.717, 1.165) is 6.26 Å². The van der Waals surface area contributed by atoms with E-state index in [2.05, 4.69) is 5.32 Å². The fourth-order valence-corrected chi connectivity index (χ4v) is 3.55. The highest BCUT2D eigenvalue weighted by Gasteiger charge is 2.60. The molecular weight excluding hydrogens is 240 g/mol. The zero-order valence-electron chi connectivity index (χ0n) is 11.1. The standard InChI is InChI=1S/C11H22N2O3S/c1-10(2)8(12)11(3,4)9(10)13-7(14)6-17(5,15)16/h8-9H,6,12H2,1-5H3,(H,13,14). The number of sulfone groups is 1. The van der Waals surface area contributed by atoms with Crippen molar-refractivity contribution in [3.05, 3.63) is 0 Å². The summed E-state index contributed by atoms with van der Waals surface area (Å²) in [6.07, 6.45) is 1.05. The van der Waals surface area contributed by atoms with Crippen LogP contribution in [0.1, 0.15) is 27.7 Å². The fraction of sp³-hybridized carbons (Fsp3) is 0.909. The van der Waals surface area contributed by atoms with Crippen molar-refractivity contribution in [2.24, 2.45) is 16.6 Å². The van der Waals surface area contributed by atoms with Crippen LogP contribution in [0.5, 0.6) is 0 Å². The van der Waals surface area contributed by atoms with Gasteiger partial charge in [-0.3, -0.25) is 4.79 Å². The van der Waals surface area contributed by atoms with Gasteiger partial charge in [-0.15, -0.1) is 0 Å². The van der Waals surface area contributed by atoms with Crippen LogP contribution in [-0.2, 0) is 14.6 Å². The minimum atomic E-state index is -3.28. The minimum Gasteiger partial charge on any atom is -0.351 e. The number of hydrogen-bond acceptors (Lipinski definition) is 4. The molecular formula is C11H22N2O3S. The molecule has 6 heteroatoms. The van der Waals surface area contributed by atoms with E-state index in [0.29, 0.717) is 0 Å². The predicted molar refractivity (Wildman–Crippen MR) is 67.2 cm³/mol. The summed E-state index contributed by atoms with van der Waals surface area (Å²) < 4.78 is 22.1. The van der Waals surface area contributed by atoms with Gasteiger partial charge in [0.2, 0.25) is 5.91 Å². The molecule has 0 spiro atoms. The maximum atomic E-state index is 11.6. The third-order valence-electron chi connectivity index (χ3n) is 3.79. The summed E-state index contributed by atoms with van der Waals surface area (Å²) in [7, 11) is -3.28. The number of hydrogen-bond donors (Lipinski definition) is 2. The summed E-state index contributed by atoms with van der Waals surface area (Å²) in [6.45, 7) is 7.92. The van der Waals surface area contributed by atoms with Crippen LogP contribution in [0.15, 0.2) is 0 Å². The van der Waals surface area contributed by atoms with Crippen LogP contribution in [0.2, 0.25) is 0 Å².